The van der Waals surface area contributed by atoms with Crippen LogP contribution < -0.4 is 4.74 Å². The highest BCUT2D eigenvalue weighted by Gasteiger charge is 2.17. The first-order valence-electron chi connectivity index (χ1n) is 5.45. The van der Waals surface area contributed by atoms with Gasteiger partial charge in [0.1, 0.15) is 5.75 Å². The molecule has 0 bridgehead atoms. The molecule has 0 N–H and O–H groups in total. The molecule has 0 spiro atoms. The largest absolute Gasteiger partial charge is 0.492 e. The first-order valence-corrected chi connectivity index (χ1v) is 6.24. The van der Waals surface area contributed by atoms with Crippen LogP contribution in [0.2, 0.25) is 0 Å². The van der Waals surface area contributed by atoms with Crippen LogP contribution in [-0.4, -0.2) is 19.8 Å². The number of ether oxygens (including phenoxy) is 2. The number of hydrogen-bond acceptors (Lipinski definition) is 2. The third-order valence-corrected chi connectivity index (χ3v) is 3.33. The van der Waals surface area contributed by atoms with E-state index in [-0.39, 0.29) is 5.56 Å². The third kappa shape index (κ3) is 3.39. The molecule has 0 radical (unpaired) electrons. The van der Waals surface area contributed by atoms with Gasteiger partial charge in [-0.25, -0.2) is 8.78 Å². The summed E-state index contributed by atoms with van der Waals surface area (Å²) < 4.78 is 36.2. The second-order valence-electron chi connectivity index (χ2n) is 4.03. The van der Waals surface area contributed by atoms with Crippen LogP contribution in [0.3, 0.4) is 0 Å². The molecule has 5 heteroatoms. The van der Waals surface area contributed by atoms with Gasteiger partial charge in [0.05, 0.1) is 17.7 Å². The highest BCUT2D eigenvalue weighted by Crippen LogP contribution is 2.30. The van der Waals surface area contributed by atoms with Crippen molar-refractivity contribution in [2.75, 3.05) is 19.8 Å². The number of halogens is 3. The molecule has 2 rings (SSSR count). The molecule has 94 valence electrons. The summed E-state index contributed by atoms with van der Waals surface area (Å²) in [6.45, 7) is 2.05. The molecule has 1 aromatic carbocycles. The Morgan fingerprint density at radius 3 is 2.88 bits per heavy atom. The van der Waals surface area contributed by atoms with Crippen molar-refractivity contribution in [3.63, 3.8) is 0 Å². The van der Waals surface area contributed by atoms with Crippen LogP contribution in [0.15, 0.2) is 22.7 Å². The Morgan fingerprint density at radius 1 is 1.47 bits per heavy atom. The van der Waals surface area contributed by atoms with Crippen LogP contribution >= 0.6 is 15.9 Å². The van der Waals surface area contributed by atoms with Gasteiger partial charge in [-0.2, -0.15) is 0 Å². The second-order valence-corrected chi connectivity index (χ2v) is 4.89. The zero-order chi connectivity index (χ0) is 12.3. The molecule has 1 unspecified atom stereocenters. The minimum Gasteiger partial charge on any atom is -0.492 e. The molecule has 1 saturated heterocycles. The summed E-state index contributed by atoms with van der Waals surface area (Å²) in [5.41, 5.74) is -0.00609. The zero-order valence-corrected chi connectivity index (χ0v) is 10.8. The monoisotopic (exact) mass is 306 g/mol. The number of alkyl halides is 2. The Labute approximate surface area is 107 Å². The third-order valence-electron chi connectivity index (χ3n) is 2.71. The summed E-state index contributed by atoms with van der Waals surface area (Å²) in [6, 6.07) is 4.35. The SMILES string of the molecule is FC(F)c1ccc(OCC2CCOC2)c(Br)c1. The molecule has 1 fully saturated rings. The number of hydrogen-bond donors (Lipinski definition) is 0. The average Bonchev–Trinajstić information content (AvgIpc) is 2.80. The molecule has 1 aliphatic rings. The van der Waals surface area contributed by atoms with Crippen LogP contribution in [0.1, 0.15) is 18.4 Å². The fraction of sp³-hybridized carbons (Fsp3) is 0.500. The molecule has 1 atom stereocenters. The van der Waals surface area contributed by atoms with E-state index < -0.39 is 6.43 Å². The van der Waals surface area contributed by atoms with Crippen molar-refractivity contribution >= 4 is 15.9 Å². The first-order chi connectivity index (χ1) is 8.16. The van der Waals surface area contributed by atoms with Gasteiger partial charge in [-0.3, -0.25) is 0 Å². The molecular weight excluding hydrogens is 294 g/mol. The van der Waals surface area contributed by atoms with Crippen molar-refractivity contribution in [2.24, 2.45) is 5.92 Å². The van der Waals surface area contributed by atoms with Crippen LogP contribution in [0, 0.1) is 5.92 Å². The van der Waals surface area contributed by atoms with Crippen LogP contribution in [0.5, 0.6) is 5.75 Å². The highest BCUT2D eigenvalue weighted by atomic mass is 79.9. The van der Waals surface area contributed by atoms with E-state index in [9.17, 15) is 8.78 Å². The Morgan fingerprint density at radius 2 is 2.29 bits per heavy atom. The Hall–Kier alpha value is -0.680. The maximum Gasteiger partial charge on any atom is 0.263 e. The summed E-state index contributed by atoms with van der Waals surface area (Å²) in [7, 11) is 0. The summed E-state index contributed by atoms with van der Waals surface area (Å²) in [4.78, 5) is 0. The molecule has 0 amide bonds. The fourth-order valence-electron chi connectivity index (χ4n) is 1.69. The Kier molecular flexibility index (Phi) is 4.34. The minimum absolute atomic E-state index is 0.00609. The second kappa shape index (κ2) is 5.78. The lowest BCUT2D eigenvalue weighted by Crippen LogP contribution is -2.11. The van der Waals surface area contributed by atoms with E-state index in [4.69, 9.17) is 9.47 Å². The molecule has 0 aliphatic carbocycles. The predicted octanol–water partition coefficient (Wildman–Crippen LogP) is 3.80. The van der Waals surface area contributed by atoms with Gasteiger partial charge in [0, 0.05) is 18.1 Å². The number of benzene rings is 1. The van der Waals surface area contributed by atoms with Crippen molar-refractivity contribution in [3.05, 3.63) is 28.2 Å². The maximum atomic E-state index is 12.4. The molecule has 1 aliphatic heterocycles. The molecule has 17 heavy (non-hydrogen) atoms. The summed E-state index contributed by atoms with van der Waals surface area (Å²) >= 11 is 3.24. The normalized spacial score (nSPS) is 19.9. The van der Waals surface area contributed by atoms with E-state index >= 15 is 0 Å². The molecular formula is C12H13BrF2O2. The number of rotatable bonds is 4. The van der Waals surface area contributed by atoms with Gasteiger partial charge in [-0.05, 0) is 40.5 Å². The summed E-state index contributed by atoms with van der Waals surface area (Å²) in [5.74, 6) is 0.998. The summed E-state index contributed by atoms with van der Waals surface area (Å²) in [6.07, 6.45) is -1.46. The van der Waals surface area contributed by atoms with Gasteiger partial charge in [0.15, 0.2) is 0 Å². The van der Waals surface area contributed by atoms with Crippen molar-refractivity contribution < 1.29 is 18.3 Å². The van der Waals surface area contributed by atoms with E-state index in [1.807, 2.05) is 0 Å². The molecule has 0 aromatic heterocycles. The first kappa shape index (κ1) is 12.8. The van der Waals surface area contributed by atoms with Gasteiger partial charge in [0.25, 0.3) is 6.43 Å². The van der Waals surface area contributed by atoms with Gasteiger partial charge in [-0.1, -0.05) is 0 Å². The standard InChI is InChI=1S/C12H13BrF2O2/c13-10-5-9(12(14)15)1-2-11(10)17-7-8-3-4-16-6-8/h1-2,5,8,12H,3-4,6-7H2. The minimum atomic E-state index is -2.46. The smallest absolute Gasteiger partial charge is 0.263 e. The predicted molar refractivity (Wildman–Crippen MR) is 63.5 cm³/mol. The molecule has 2 nitrogen and oxygen atoms in total. The van der Waals surface area contributed by atoms with Crippen LogP contribution in [0.25, 0.3) is 0 Å². The quantitative estimate of drug-likeness (QED) is 0.842. The van der Waals surface area contributed by atoms with E-state index in [0.717, 1.165) is 13.0 Å². The lowest BCUT2D eigenvalue weighted by molar-refractivity contribution is 0.151. The van der Waals surface area contributed by atoms with Crippen molar-refractivity contribution in [2.45, 2.75) is 12.8 Å². The summed E-state index contributed by atoms with van der Waals surface area (Å²) in [5, 5.41) is 0. The highest BCUT2D eigenvalue weighted by molar-refractivity contribution is 9.10. The molecule has 1 aromatic rings. The van der Waals surface area contributed by atoms with Crippen molar-refractivity contribution in [1.82, 2.24) is 0 Å². The zero-order valence-electron chi connectivity index (χ0n) is 9.17. The van der Waals surface area contributed by atoms with E-state index in [1.54, 1.807) is 6.07 Å². The van der Waals surface area contributed by atoms with E-state index in [1.165, 1.54) is 12.1 Å². The van der Waals surface area contributed by atoms with Crippen molar-refractivity contribution in [1.29, 1.82) is 0 Å². The van der Waals surface area contributed by atoms with Crippen LogP contribution in [0.4, 0.5) is 8.78 Å². The lowest BCUT2D eigenvalue weighted by atomic mass is 10.1. The Balaban J connectivity index is 1.96. The van der Waals surface area contributed by atoms with E-state index in [0.29, 0.717) is 29.4 Å². The van der Waals surface area contributed by atoms with Crippen LogP contribution in [-0.2, 0) is 4.74 Å². The van der Waals surface area contributed by atoms with Gasteiger partial charge < -0.3 is 9.47 Å². The molecule has 0 saturated carbocycles. The van der Waals surface area contributed by atoms with Gasteiger partial charge >= 0.3 is 0 Å². The van der Waals surface area contributed by atoms with Gasteiger partial charge in [0.2, 0.25) is 0 Å². The Bertz CT molecular complexity index is 379. The van der Waals surface area contributed by atoms with E-state index in [2.05, 4.69) is 15.9 Å². The fourth-order valence-corrected chi connectivity index (χ4v) is 2.20. The van der Waals surface area contributed by atoms with Crippen molar-refractivity contribution in [3.8, 4) is 5.75 Å². The average molecular weight is 307 g/mol. The maximum absolute atomic E-state index is 12.4. The molecule has 1 heterocycles. The topological polar surface area (TPSA) is 18.5 Å². The lowest BCUT2D eigenvalue weighted by Gasteiger charge is -2.12. The van der Waals surface area contributed by atoms with Gasteiger partial charge in [-0.15, -0.1) is 0 Å².